The van der Waals surface area contributed by atoms with Crippen LogP contribution >= 0.6 is 11.3 Å². The Kier molecular flexibility index (Phi) is 3.23. The fourth-order valence-corrected chi connectivity index (χ4v) is 4.21. The number of hydrogen-bond donors (Lipinski definition) is 0. The number of sulfone groups is 1. The first kappa shape index (κ1) is 13.1. The maximum absolute atomic E-state index is 12.3. The molecule has 3 aromatic rings. The molecule has 0 aliphatic heterocycles. The lowest BCUT2D eigenvalue weighted by Gasteiger charge is -1.99. The second kappa shape index (κ2) is 4.92. The molecule has 7 heteroatoms. The van der Waals surface area contributed by atoms with Crippen LogP contribution in [0.3, 0.4) is 0 Å². The number of para-hydroxylation sites is 1. The second-order valence-electron chi connectivity index (χ2n) is 4.38. The monoisotopic (exact) mass is 305 g/mol. The van der Waals surface area contributed by atoms with Crippen LogP contribution in [-0.2, 0) is 15.6 Å². The van der Waals surface area contributed by atoms with E-state index in [1.807, 2.05) is 25.1 Å². The lowest BCUT2D eigenvalue weighted by molar-refractivity contribution is 0.593. The van der Waals surface area contributed by atoms with Crippen molar-refractivity contribution in [3.8, 4) is 0 Å². The van der Waals surface area contributed by atoms with E-state index < -0.39 is 9.84 Å². The number of thiazole rings is 1. The highest BCUT2D eigenvalue weighted by atomic mass is 32.2. The molecule has 0 bridgehead atoms. The van der Waals surface area contributed by atoms with Gasteiger partial charge in [-0.05, 0) is 24.6 Å². The van der Waals surface area contributed by atoms with E-state index >= 15 is 0 Å². The molecule has 1 aromatic carbocycles. The Balaban J connectivity index is 1.96. The quantitative estimate of drug-likeness (QED) is 0.743. The maximum Gasteiger partial charge on any atom is 0.212 e. The molecule has 0 aliphatic carbocycles. The van der Waals surface area contributed by atoms with Crippen molar-refractivity contribution in [2.75, 3.05) is 0 Å². The molecule has 2 aromatic heterocycles. The lowest BCUT2D eigenvalue weighted by atomic mass is 10.3. The van der Waals surface area contributed by atoms with Crippen molar-refractivity contribution >= 4 is 31.4 Å². The first-order chi connectivity index (χ1) is 9.54. The Morgan fingerprint density at radius 3 is 2.55 bits per heavy atom. The molecule has 5 nitrogen and oxygen atoms in total. The minimum Gasteiger partial charge on any atom is -0.240 e. The number of rotatable bonds is 3. The van der Waals surface area contributed by atoms with Crippen molar-refractivity contribution < 1.29 is 8.42 Å². The van der Waals surface area contributed by atoms with E-state index in [1.165, 1.54) is 11.3 Å². The first-order valence-corrected chi connectivity index (χ1v) is 8.37. The predicted molar refractivity (Wildman–Crippen MR) is 77.3 cm³/mol. The van der Waals surface area contributed by atoms with Gasteiger partial charge in [0, 0.05) is 12.4 Å². The highest BCUT2D eigenvalue weighted by Gasteiger charge is 2.21. The Labute approximate surface area is 120 Å². The van der Waals surface area contributed by atoms with Crippen molar-refractivity contribution in [1.29, 1.82) is 0 Å². The van der Waals surface area contributed by atoms with Gasteiger partial charge in [0.05, 0.1) is 10.2 Å². The molecule has 20 heavy (non-hydrogen) atoms. The summed E-state index contributed by atoms with van der Waals surface area (Å²) in [6.45, 7) is 1.85. The molecule has 0 fully saturated rings. The van der Waals surface area contributed by atoms with Gasteiger partial charge in [0.1, 0.15) is 11.6 Å². The van der Waals surface area contributed by atoms with Crippen LogP contribution in [0.2, 0.25) is 0 Å². The van der Waals surface area contributed by atoms with E-state index in [0.717, 1.165) is 10.3 Å². The molecule has 0 spiro atoms. The van der Waals surface area contributed by atoms with Crippen LogP contribution in [0.4, 0.5) is 0 Å². The smallest absolute Gasteiger partial charge is 0.212 e. The van der Waals surface area contributed by atoms with E-state index in [4.69, 9.17) is 0 Å². The molecule has 102 valence electrons. The van der Waals surface area contributed by atoms with E-state index in [-0.39, 0.29) is 15.9 Å². The largest absolute Gasteiger partial charge is 0.240 e. The van der Waals surface area contributed by atoms with Gasteiger partial charge in [-0.1, -0.05) is 12.1 Å². The SMILES string of the molecule is Cc1cnc(CS(=O)(=O)c2nc3ccccc3s2)nc1. The van der Waals surface area contributed by atoms with Crippen LogP contribution < -0.4 is 0 Å². The number of nitrogens with zero attached hydrogens (tertiary/aromatic N) is 3. The second-order valence-corrected chi connectivity index (χ2v) is 7.58. The molecule has 3 rings (SSSR count). The number of fused-ring (bicyclic) bond motifs is 1. The van der Waals surface area contributed by atoms with Crippen LogP contribution in [0.1, 0.15) is 11.4 Å². The van der Waals surface area contributed by atoms with Crippen molar-refractivity contribution in [2.45, 2.75) is 17.0 Å². The number of aromatic nitrogens is 3. The molecule has 0 aliphatic rings. The number of benzene rings is 1. The molecule has 0 unspecified atom stereocenters. The maximum atomic E-state index is 12.3. The molecule has 0 radical (unpaired) electrons. The standard InChI is InChI=1S/C13H11N3O2S2/c1-9-6-14-12(15-7-9)8-20(17,18)13-16-10-4-2-3-5-11(10)19-13/h2-7H,8H2,1H3. The van der Waals surface area contributed by atoms with Gasteiger partial charge in [0.15, 0.2) is 0 Å². The summed E-state index contributed by atoms with van der Waals surface area (Å²) in [5, 5.41) is 0. The molecular formula is C13H11N3O2S2. The van der Waals surface area contributed by atoms with Crippen LogP contribution in [0.5, 0.6) is 0 Å². The number of hydrogen-bond acceptors (Lipinski definition) is 6. The fourth-order valence-electron chi connectivity index (χ4n) is 1.71. The summed E-state index contributed by atoms with van der Waals surface area (Å²) in [7, 11) is -3.51. The van der Waals surface area contributed by atoms with Gasteiger partial charge in [-0.3, -0.25) is 0 Å². The van der Waals surface area contributed by atoms with Crippen LogP contribution in [0.15, 0.2) is 41.0 Å². The van der Waals surface area contributed by atoms with Gasteiger partial charge in [0.2, 0.25) is 14.2 Å². The van der Waals surface area contributed by atoms with Crippen molar-refractivity contribution in [3.05, 3.63) is 48.0 Å². The Morgan fingerprint density at radius 1 is 1.15 bits per heavy atom. The highest BCUT2D eigenvalue weighted by Crippen LogP contribution is 2.26. The summed E-state index contributed by atoms with van der Waals surface area (Å²) in [4.78, 5) is 12.2. The third-order valence-corrected chi connectivity index (χ3v) is 5.80. The molecule has 0 saturated heterocycles. The van der Waals surface area contributed by atoms with Gasteiger partial charge < -0.3 is 0 Å². The third-order valence-electron chi connectivity index (χ3n) is 2.69. The normalized spacial score (nSPS) is 11.8. The topological polar surface area (TPSA) is 72.8 Å². The highest BCUT2D eigenvalue weighted by molar-refractivity contribution is 7.92. The summed E-state index contributed by atoms with van der Waals surface area (Å²) >= 11 is 1.17. The van der Waals surface area contributed by atoms with Crippen LogP contribution in [0.25, 0.3) is 10.2 Å². The summed E-state index contributed by atoms with van der Waals surface area (Å²) in [6, 6.07) is 7.35. The average molecular weight is 305 g/mol. The summed E-state index contributed by atoms with van der Waals surface area (Å²) in [5.41, 5.74) is 1.59. The van der Waals surface area contributed by atoms with Gasteiger partial charge in [0.25, 0.3) is 0 Å². The predicted octanol–water partition coefficient (Wildman–Crippen LogP) is 2.37. The summed E-state index contributed by atoms with van der Waals surface area (Å²) < 4.78 is 25.6. The average Bonchev–Trinajstić information content (AvgIpc) is 2.86. The Morgan fingerprint density at radius 2 is 1.85 bits per heavy atom. The van der Waals surface area contributed by atoms with Gasteiger partial charge in [-0.25, -0.2) is 23.4 Å². The Hall–Kier alpha value is -1.86. The molecule has 0 amide bonds. The Bertz CT molecular complexity index is 822. The summed E-state index contributed by atoms with van der Waals surface area (Å²) in [6.07, 6.45) is 3.21. The third kappa shape index (κ3) is 2.54. The molecule has 0 saturated carbocycles. The van der Waals surface area contributed by atoms with Crippen LogP contribution in [-0.4, -0.2) is 23.4 Å². The molecule has 0 N–H and O–H groups in total. The zero-order valence-corrected chi connectivity index (χ0v) is 12.3. The molecule has 0 atom stereocenters. The van der Waals surface area contributed by atoms with E-state index in [9.17, 15) is 8.42 Å². The fraction of sp³-hybridized carbons (Fsp3) is 0.154. The zero-order valence-electron chi connectivity index (χ0n) is 10.6. The summed E-state index contributed by atoms with van der Waals surface area (Å²) in [5.74, 6) is 0.0578. The zero-order chi connectivity index (χ0) is 14.2. The van der Waals surface area contributed by atoms with Crippen LogP contribution in [0, 0.1) is 6.92 Å². The van der Waals surface area contributed by atoms with Crippen molar-refractivity contribution in [1.82, 2.24) is 15.0 Å². The van der Waals surface area contributed by atoms with Crippen molar-refractivity contribution in [2.24, 2.45) is 0 Å². The van der Waals surface area contributed by atoms with Gasteiger partial charge in [-0.15, -0.1) is 11.3 Å². The minimum absolute atomic E-state index is 0.114. The van der Waals surface area contributed by atoms with Gasteiger partial charge in [-0.2, -0.15) is 0 Å². The van der Waals surface area contributed by atoms with Crippen molar-refractivity contribution in [3.63, 3.8) is 0 Å². The minimum atomic E-state index is -3.51. The molecule has 2 heterocycles. The van der Waals surface area contributed by atoms with E-state index in [0.29, 0.717) is 5.52 Å². The molecular weight excluding hydrogens is 294 g/mol. The lowest BCUT2D eigenvalue weighted by Crippen LogP contribution is -2.07. The number of aryl methyl sites for hydroxylation is 1. The van der Waals surface area contributed by atoms with Gasteiger partial charge >= 0.3 is 0 Å². The van der Waals surface area contributed by atoms with E-state index in [2.05, 4.69) is 15.0 Å². The van der Waals surface area contributed by atoms with E-state index in [1.54, 1.807) is 18.5 Å². The first-order valence-electron chi connectivity index (χ1n) is 5.90.